The molecule has 1 N–H and O–H groups in total. The van der Waals surface area contributed by atoms with E-state index >= 15 is 0 Å². The minimum Gasteiger partial charge on any atom is -0.497 e. The predicted octanol–water partition coefficient (Wildman–Crippen LogP) is 4.47. The van der Waals surface area contributed by atoms with Crippen LogP contribution in [0.15, 0.2) is 48.7 Å². The highest BCUT2D eigenvalue weighted by Gasteiger charge is 2.11. The number of ether oxygens (including phenoxy) is 2. The molecule has 0 spiro atoms. The Balaban J connectivity index is 2.17. The molecule has 0 heterocycles. The molecule has 0 saturated heterocycles. The summed E-state index contributed by atoms with van der Waals surface area (Å²) in [5.41, 5.74) is 2.32. The van der Waals surface area contributed by atoms with Crippen molar-refractivity contribution in [3.63, 3.8) is 0 Å². The van der Waals surface area contributed by atoms with Crippen molar-refractivity contribution in [2.45, 2.75) is 6.92 Å². The van der Waals surface area contributed by atoms with Crippen LogP contribution in [-0.4, -0.2) is 20.0 Å². The zero-order chi connectivity index (χ0) is 16.8. The molecule has 5 heteroatoms. The lowest BCUT2D eigenvalue weighted by Gasteiger charge is -2.08. The first-order valence-corrected chi connectivity index (χ1v) is 7.38. The van der Waals surface area contributed by atoms with Gasteiger partial charge in [0.2, 0.25) is 0 Å². The Hall–Kier alpha value is -2.46. The molecule has 0 radical (unpaired) electrons. The molecule has 0 aliphatic heterocycles. The zero-order valence-corrected chi connectivity index (χ0v) is 14.0. The van der Waals surface area contributed by atoms with Crippen molar-refractivity contribution in [1.82, 2.24) is 0 Å². The maximum Gasteiger partial charge on any atom is 0.191 e. The molecule has 4 nitrogen and oxygen atoms in total. The van der Waals surface area contributed by atoms with E-state index in [0.717, 1.165) is 11.3 Å². The average Bonchev–Trinajstić information content (AvgIpc) is 2.57. The van der Waals surface area contributed by atoms with Crippen LogP contribution in [0.1, 0.15) is 15.9 Å². The number of carbonyl (C=O) groups excluding carboxylic acids is 1. The minimum absolute atomic E-state index is 0.187. The summed E-state index contributed by atoms with van der Waals surface area (Å²) in [7, 11) is 3.07. The SMILES string of the molecule is COc1ccc(OC)c(C(=O)/C=C/Nc2cc(Cl)ccc2C)c1. The van der Waals surface area contributed by atoms with Crippen LogP contribution in [0, 0.1) is 6.92 Å². The first-order chi connectivity index (χ1) is 11.0. The summed E-state index contributed by atoms with van der Waals surface area (Å²) >= 11 is 5.97. The van der Waals surface area contributed by atoms with Gasteiger partial charge in [0.25, 0.3) is 0 Å². The molecule has 2 aromatic rings. The van der Waals surface area contributed by atoms with E-state index < -0.39 is 0 Å². The maximum atomic E-state index is 12.3. The van der Waals surface area contributed by atoms with E-state index in [1.54, 1.807) is 37.6 Å². The lowest BCUT2D eigenvalue weighted by Crippen LogP contribution is -2.01. The number of anilines is 1. The summed E-state index contributed by atoms with van der Waals surface area (Å²) in [6.07, 6.45) is 3.03. The standard InChI is InChI=1S/C18H18ClNO3/c1-12-4-5-13(19)10-16(12)20-9-8-17(21)15-11-14(22-2)6-7-18(15)23-3/h4-11,20H,1-3H3/b9-8+. The molecule has 0 aliphatic carbocycles. The van der Waals surface area contributed by atoms with Crippen LogP contribution < -0.4 is 14.8 Å². The Morgan fingerprint density at radius 2 is 1.91 bits per heavy atom. The van der Waals surface area contributed by atoms with Crippen molar-refractivity contribution in [3.8, 4) is 11.5 Å². The third kappa shape index (κ3) is 4.27. The second-order valence-electron chi connectivity index (χ2n) is 4.87. The van der Waals surface area contributed by atoms with Crippen molar-refractivity contribution in [2.24, 2.45) is 0 Å². The number of carbonyl (C=O) groups is 1. The van der Waals surface area contributed by atoms with E-state index in [0.29, 0.717) is 22.1 Å². The number of hydrogen-bond donors (Lipinski definition) is 1. The molecular formula is C18H18ClNO3. The quantitative estimate of drug-likeness (QED) is 0.626. The Labute approximate surface area is 140 Å². The number of ketones is 1. The minimum atomic E-state index is -0.187. The summed E-state index contributed by atoms with van der Waals surface area (Å²) < 4.78 is 10.4. The maximum absolute atomic E-state index is 12.3. The number of methoxy groups -OCH3 is 2. The fourth-order valence-corrected chi connectivity index (χ4v) is 2.23. The smallest absolute Gasteiger partial charge is 0.191 e. The summed E-state index contributed by atoms with van der Waals surface area (Å²) in [4.78, 5) is 12.3. The van der Waals surface area contributed by atoms with Crippen LogP contribution in [0.5, 0.6) is 11.5 Å². The molecule has 120 valence electrons. The third-order valence-corrected chi connectivity index (χ3v) is 3.58. The van der Waals surface area contributed by atoms with Gasteiger partial charge in [-0.3, -0.25) is 4.79 Å². The molecule has 2 aromatic carbocycles. The Kier molecular flexibility index (Phi) is 5.66. The molecule has 0 bridgehead atoms. The lowest BCUT2D eigenvalue weighted by molar-refractivity contribution is 0.104. The van der Waals surface area contributed by atoms with E-state index in [9.17, 15) is 4.79 Å². The average molecular weight is 332 g/mol. The van der Waals surface area contributed by atoms with Gasteiger partial charge in [0, 0.05) is 23.0 Å². The van der Waals surface area contributed by atoms with Crippen LogP contribution in [-0.2, 0) is 0 Å². The summed E-state index contributed by atoms with van der Waals surface area (Å²) in [5, 5.41) is 3.69. The Bertz CT molecular complexity index is 741. The van der Waals surface area contributed by atoms with E-state index in [2.05, 4.69) is 5.32 Å². The zero-order valence-electron chi connectivity index (χ0n) is 13.2. The summed E-state index contributed by atoms with van der Waals surface area (Å²) in [6, 6.07) is 10.6. The van der Waals surface area contributed by atoms with Gasteiger partial charge in [-0.2, -0.15) is 0 Å². The fraction of sp³-hybridized carbons (Fsp3) is 0.167. The van der Waals surface area contributed by atoms with Crippen LogP contribution in [0.4, 0.5) is 5.69 Å². The van der Waals surface area contributed by atoms with Crippen LogP contribution in [0.3, 0.4) is 0 Å². The first-order valence-electron chi connectivity index (χ1n) is 7.00. The van der Waals surface area contributed by atoms with Crippen LogP contribution >= 0.6 is 11.6 Å². The molecule has 0 aliphatic rings. The van der Waals surface area contributed by atoms with Gasteiger partial charge >= 0.3 is 0 Å². The molecule has 2 rings (SSSR count). The number of allylic oxidation sites excluding steroid dienone is 1. The topological polar surface area (TPSA) is 47.6 Å². The van der Waals surface area contributed by atoms with Crippen molar-refractivity contribution in [1.29, 1.82) is 0 Å². The number of rotatable bonds is 6. The van der Waals surface area contributed by atoms with E-state index in [4.69, 9.17) is 21.1 Å². The molecular weight excluding hydrogens is 314 g/mol. The molecule has 0 aromatic heterocycles. The highest BCUT2D eigenvalue weighted by atomic mass is 35.5. The third-order valence-electron chi connectivity index (χ3n) is 3.35. The van der Waals surface area contributed by atoms with Crippen LogP contribution in [0.25, 0.3) is 0 Å². The predicted molar refractivity (Wildman–Crippen MR) is 92.8 cm³/mol. The van der Waals surface area contributed by atoms with Gasteiger partial charge in [0.05, 0.1) is 19.8 Å². The van der Waals surface area contributed by atoms with E-state index in [1.807, 2.05) is 19.1 Å². The van der Waals surface area contributed by atoms with Gasteiger partial charge < -0.3 is 14.8 Å². The number of hydrogen-bond acceptors (Lipinski definition) is 4. The molecule has 23 heavy (non-hydrogen) atoms. The van der Waals surface area contributed by atoms with Gasteiger partial charge in [-0.25, -0.2) is 0 Å². The molecule has 0 fully saturated rings. The van der Waals surface area contributed by atoms with Crippen LogP contribution in [0.2, 0.25) is 5.02 Å². The second-order valence-corrected chi connectivity index (χ2v) is 5.30. The molecule has 0 atom stereocenters. The van der Waals surface area contributed by atoms with Gasteiger partial charge in [-0.15, -0.1) is 0 Å². The second kappa shape index (κ2) is 7.70. The molecule has 0 saturated carbocycles. The Morgan fingerprint density at radius 3 is 2.61 bits per heavy atom. The largest absolute Gasteiger partial charge is 0.497 e. The van der Waals surface area contributed by atoms with Crippen molar-refractivity contribution in [3.05, 3.63) is 64.8 Å². The monoisotopic (exact) mass is 331 g/mol. The summed E-state index contributed by atoms with van der Waals surface area (Å²) in [6.45, 7) is 1.96. The number of halogens is 1. The molecule has 0 amide bonds. The number of aryl methyl sites for hydroxylation is 1. The van der Waals surface area contributed by atoms with E-state index in [-0.39, 0.29) is 5.78 Å². The van der Waals surface area contributed by atoms with Gasteiger partial charge in [-0.1, -0.05) is 17.7 Å². The van der Waals surface area contributed by atoms with Gasteiger partial charge in [0.15, 0.2) is 5.78 Å². The lowest BCUT2D eigenvalue weighted by atomic mass is 10.1. The van der Waals surface area contributed by atoms with Crippen molar-refractivity contribution in [2.75, 3.05) is 19.5 Å². The highest BCUT2D eigenvalue weighted by molar-refractivity contribution is 6.30. The van der Waals surface area contributed by atoms with Crippen molar-refractivity contribution >= 4 is 23.1 Å². The fourth-order valence-electron chi connectivity index (χ4n) is 2.05. The highest BCUT2D eigenvalue weighted by Crippen LogP contribution is 2.25. The summed E-state index contributed by atoms with van der Waals surface area (Å²) in [5.74, 6) is 0.911. The number of nitrogens with one attached hydrogen (secondary N) is 1. The number of benzene rings is 2. The van der Waals surface area contributed by atoms with Crippen molar-refractivity contribution < 1.29 is 14.3 Å². The Morgan fingerprint density at radius 1 is 1.13 bits per heavy atom. The van der Waals surface area contributed by atoms with Gasteiger partial charge in [-0.05, 0) is 42.8 Å². The first kappa shape index (κ1) is 16.9. The van der Waals surface area contributed by atoms with Gasteiger partial charge in [0.1, 0.15) is 11.5 Å². The molecule has 0 unspecified atom stereocenters. The normalized spacial score (nSPS) is 10.6. The van der Waals surface area contributed by atoms with E-state index in [1.165, 1.54) is 13.2 Å².